The Morgan fingerprint density at radius 3 is 2.76 bits per heavy atom. The Bertz CT molecular complexity index is 977. The predicted molar refractivity (Wildman–Crippen MR) is 110 cm³/mol. The second-order valence-corrected chi connectivity index (χ2v) is 10.1. The van der Waals surface area contributed by atoms with Crippen LogP contribution >= 0.6 is 0 Å². The van der Waals surface area contributed by atoms with E-state index in [9.17, 15) is 13.2 Å². The van der Waals surface area contributed by atoms with Gasteiger partial charge in [-0.05, 0) is 49.1 Å². The minimum atomic E-state index is -3.60. The number of imidazole rings is 1. The molecule has 4 rings (SSSR count). The summed E-state index contributed by atoms with van der Waals surface area (Å²) in [7, 11) is -3.60. The van der Waals surface area contributed by atoms with Crippen molar-refractivity contribution in [1.82, 2.24) is 19.2 Å². The molecule has 1 aromatic heterocycles. The van der Waals surface area contributed by atoms with Crippen LogP contribution in [0.3, 0.4) is 0 Å². The number of rotatable bonds is 5. The molecule has 0 unspecified atom stereocenters. The Morgan fingerprint density at radius 1 is 1.21 bits per heavy atom. The Labute approximate surface area is 172 Å². The molecule has 1 aliphatic heterocycles. The second kappa shape index (κ2) is 8.28. The van der Waals surface area contributed by atoms with E-state index in [-0.39, 0.29) is 23.5 Å². The lowest BCUT2D eigenvalue weighted by molar-refractivity contribution is -0.122. The predicted octanol–water partition coefficient (Wildman–Crippen LogP) is 2.50. The third-order valence-electron chi connectivity index (χ3n) is 5.99. The topological polar surface area (TPSA) is 84.3 Å². The lowest BCUT2D eigenvalue weighted by atomic mass is 9.88. The van der Waals surface area contributed by atoms with Crippen LogP contribution in [0.25, 0.3) is 0 Å². The van der Waals surface area contributed by atoms with Crippen LogP contribution in [0, 0.1) is 5.92 Å². The maximum absolute atomic E-state index is 12.8. The molecule has 0 bridgehead atoms. The minimum Gasteiger partial charge on any atom is -0.348 e. The zero-order valence-electron chi connectivity index (χ0n) is 16.8. The first-order chi connectivity index (χ1) is 13.9. The molecule has 2 heterocycles. The fourth-order valence-corrected chi connectivity index (χ4v) is 5.63. The third-order valence-corrected chi connectivity index (χ3v) is 7.77. The van der Waals surface area contributed by atoms with E-state index in [4.69, 9.17) is 0 Å². The second-order valence-electron chi connectivity index (χ2n) is 8.18. The quantitative estimate of drug-likeness (QED) is 0.812. The highest BCUT2D eigenvalue weighted by Gasteiger charge is 2.30. The van der Waals surface area contributed by atoms with Gasteiger partial charge < -0.3 is 9.88 Å². The van der Waals surface area contributed by atoms with Crippen molar-refractivity contribution in [2.75, 3.05) is 13.1 Å². The molecule has 7 nitrogen and oxygen atoms in total. The normalized spacial score (nSPS) is 20.9. The van der Waals surface area contributed by atoms with E-state index < -0.39 is 10.0 Å². The minimum absolute atomic E-state index is 0.00881. The van der Waals surface area contributed by atoms with Crippen molar-refractivity contribution in [2.45, 2.75) is 56.6 Å². The summed E-state index contributed by atoms with van der Waals surface area (Å²) >= 11 is 0. The molecule has 1 aliphatic carbocycles. The molecule has 1 N–H and O–H groups in total. The molecule has 1 atom stereocenters. The van der Waals surface area contributed by atoms with E-state index in [2.05, 4.69) is 29.4 Å². The molecule has 1 aromatic carbocycles. The van der Waals surface area contributed by atoms with Crippen molar-refractivity contribution in [3.8, 4) is 0 Å². The Hall–Kier alpha value is -2.19. The fourth-order valence-electron chi connectivity index (χ4n) is 4.23. The number of nitrogens with one attached hydrogen (secondary N) is 1. The Kier molecular flexibility index (Phi) is 5.74. The molecule has 156 valence electrons. The summed E-state index contributed by atoms with van der Waals surface area (Å²) < 4.78 is 28.6. The molecule has 29 heavy (non-hydrogen) atoms. The van der Waals surface area contributed by atoms with Crippen LogP contribution < -0.4 is 5.32 Å². The van der Waals surface area contributed by atoms with Gasteiger partial charge in [-0.25, -0.2) is 13.4 Å². The van der Waals surface area contributed by atoms with E-state index in [0.717, 1.165) is 32.1 Å². The molecule has 0 radical (unpaired) electrons. The van der Waals surface area contributed by atoms with E-state index in [0.29, 0.717) is 19.0 Å². The van der Waals surface area contributed by atoms with Gasteiger partial charge in [-0.3, -0.25) is 4.79 Å². The number of carbonyl (C=O) groups excluding carboxylic acids is 1. The summed E-state index contributed by atoms with van der Waals surface area (Å²) in [6.07, 6.45) is 7.62. The van der Waals surface area contributed by atoms with Gasteiger partial charge in [-0.2, -0.15) is 4.31 Å². The Balaban J connectivity index is 1.40. The SMILES string of the molecule is CC1CCN(S(=O)(=O)c2cn(CC(=O)N[C@@H]3CCCc4ccccc43)cn2)CC1. The summed E-state index contributed by atoms with van der Waals surface area (Å²) in [4.78, 5) is 16.6. The van der Waals surface area contributed by atoms with Crippen molar-refractivity contribution < 1.29 is 13.2 Å². The van der Waals surface area contributed by atoms with Crippen LogP contribution in [0.2, 0.25) is 0 Å². The third kappa shape index (κ3) is 4.38. The molecule has 8 heteroatoms. The van der Waals surface area contributed by atoms with Crippen molar-refractivity contribution >= 4 is 15.9 Å². The fraction of sp³-hybridized carbons (Fsp3) is 0.524. The lowest BCUT2D eigenvalue weighted by Crippen LogP contribution is -2.38. The maximum atomic E-state index is 12.8. The molecule has 0 saturated carbocycles. The van der Waals surface area contributed by atoms with E-state index >= 15 is 0 Å². The van der Waals surface area contributed by atoms with Gasteiger partial charge in [0, 0.05) is 19.3 Å². The summed E-state index contributed by atoms with van der Waals surface area (Å²) in [5.74, 6) is 0.410. The van der Waals surface area contributed by atoms with Gasteiger partial charge in [-0.15, -0.1) is 0 Å². The van der Waals surface area contributed by atoms with E-state index in [1.165, 1.54) is 28.0 Å². The van der Waals surface area contributed by atoms with E-state index in [1.807, 2.05) is 12.1 Å². The highest BCUT2D eigenvalue weighted by molar-refractivity contribution is 7.89. The van der Waals surface area contributed by atoms with Gasteiger partial charge in [0.2, 0.25) is 5.91 Å². The van der Waals surface area contributed by atoms with E-state index in [1.54, 1.807) is 4.57 Å². The number of hydrogen-bond donors (Lipinski definition) is 1. The first kappa shape index (κ1) is 20.1. The van der Waals surface area contributed by atoms with Gasteiger partial charge >= 0.3 is 0 Å². The number of nitrogens with zero attached hydrogens (tertiary/aromatic N) is 3. The van der Waals surface area contributed by atoms with Crippen LogP contribution in [0.1, 0.15) is 49.8 Å². The Morgan fingerprint density at radius 2 is 1.97 bits per heavy atom. The summed E-state index contributed by atoms with van der Waals surface area (Å²) in [5, 5.41) is 3.11. The van der Waals surface area contributed by atoms with Gasteiger partial charge in [0.1, 0.15) is 6.54 Å². The smallest absolute Gasteiger partial charge is 0.262 e. The van der Waals surface area contributed by atoms with Crippen LogP contribution in [0.15, 0.2) is 41.8 Å². The zero-order valence-corrected chi connectivity index (χ0v) is 17.6. The summed E-state index contributed by atoms with van der Waals surface area (Å²) in [5.41, 5.74) is 2.47. The highest BCUT2D eigenvalue weighted by atomic mass is 32.2. The zero-order chi connectivity index (χ0) is 20.4. The van der Waals surface area contributed by atoms with Gasteiger partial charge in [0.15, 0.2) is 5.03 Å². The first-order valence-corrected chi connectivity index (χ1v) is 11.8. The average molecular weight is 417 g/mol. The molecule has 1 saturated heterocycles. The number of amides is 1. The molecule has 2 aromatic rings. The van der Waals surface area contributed by atoms with Gasteiger partial charge in [-0.1, -0.05) is 31.2 Å². The van der Waals surface area contributed by atoms with Crippen LogP contribution in [0.5, 0.6) is 0 Å². The molecular formula is C21H28N4O3S. The molecule has 1 amide bonds. The van der Waals surface area contributed by atoms with Crippen LogP contribution in [-0.2, 0) is 27.8 Å². The number of carbonyl (C=O) groups is 1. The van der Waals surface area contributed by atoms with Crippen molar-refractivity contribution in [1.29, 1.82) is 0 Å². The average Bonchev–Trinajstić information content (AvgIpc) is 3.18. The summed E-state index contributed by atoms with van der Waals surface area (Å²) in [6.45, 7) is 3.25. The van der Waals surface area contributed by atoms with Crippen LogP contribution in [-0.4, -0.2) is 41.3 Å². The number of benzene rings is 1. The number of fused-ring (bicyclic) bond motifs is 1. The lowest BCUT2D eigenvalue weighted by Gasteiger charge is -2.28. The molecular weight excluding hydrogens is 388 g/mol. The number of aromatic nitrogens is 2. The molecule has 1 fully saturated rings. The van der Waals surface area contributed by atoms with Crippen molar-refractivity contribution in [3.63, 3.8) is 0 Å². The van der Waals surface area contributed by atoms with Crippen LogP contribution in [0.4, 0.5) is 0 Å². The molecule has 2 aliphatic rings. The number of aryl methyl sites for hydroxylation is 1. The van der Waals surface area contributed by atoms with Gasteiger partial charge in [0.25, 0.3) is 10.0 Å². The first-order valence-electron chi connectivity index (χ1n) is 10.3. The molecule has 0 spiro atoms. The standard InChI is InChI=1S/C21H28N4O3S/c1-16-9-11-25(12-10-16)29(27,28)21-14-24(15-22-21)13-20(26)23-19-8-4-6-17-5-2-3-7-18(17)19/h2-3,5,7,14-16,19H,4,6,8-13H2,1H3,(H,23,26)/t19-/m1/s1. The van der Waals surface area contributed by atoms with Gasteiger partial charge in [0.05, 0.1) is 12.4 Å². The maximum Gasteiger partial charge on any atom is 0.262 e. The number of sulfonamides is 1. The largest absolute Gasteiger partial charge is 0.348 e. The van der Waals surface area contributed by atoms with Crippen molar-refractivity contribution in [2.24, 2.45) is 5.92 Å². The monoisotopic (exact) mass is 416 g/mol. The number of piperidine rings is 1. The summed E-state index contributed by atoms with van der Waals surface area (Å²) in [6, 6.07) is 8.22. The number of hydrogen-bond acceptors (Lipinski definition) is 4. The van der Waals surface area contributed by atoms with Crippen molar-refractivity contribution in [3.05, 3.63) is 47.9 Å². The highest BCUT2D eigenvalue weighted by Crippen LogP contribution is 2.29.